The molecule has 1 atom stereocenters. The molecule has 0 aliphatic carbocycles. The molecule has 0 fully saturated rings. The van der Waals surface area contributed by atoms with Crippen LogP contribution in [0.5, 0.6) is 0 Å². The zero-order valence-electron chi connectivity index (χ0n) is 10.8. The summed E-state index contributed by atoms with van der Waals surface area (Å²) in [5, 5.41) is 11.5. The van der Waals surface area contributed by atoms with E-state index in [2.05, 4.69) is 23.3 Å². The number of benzene rings is 1. The second kappa shape index (κ2) is 4.94. The zero-order chi connectivity index (χ0) is 13.4. The first-order chi connectivity index (χ1) is 9.22. The highest BCUT2D eigenvalue weighted by Gasteiger charge is 2.27. The first-order valence-corrected chi connectivity index (χ1v) is 7.31. The van der Waals surface area contributed by atoms with Gasteiger partial charge in [0.1, 0.15) is 5.82 Å². The van der Waals surface area contributed by atoms with Crippen molar-refractivity contribution in [1.82, 2.24) is 0 Å². The summed E-state index contributed by atoms with van der Waals surface area (Å²) in [6.45, 7) is 2.76. The smallest absolute Gasteiger partial charge is 0.146 e. The van der Waals surface area contributed by atoms with E-state index in [0.29, 0.717) is 11.3 Å². The lowest BCUT2D eigenvalue weighted by Gasteiger charge is -2.36. The number of hydrogen-bond donors (Lipinski definition) is 1. The molecule has 2 aromatic rings. The van der Waals surface area contributed by atoms with Crippen molar-refractivity contribution in [3.63, 3.8) is 0 Å². The number of halogens is 1. The minimum absolute atomic E-state index is 0.132. The van der Waals surface area contributed by atoms with Gasteiger partial charge in [0, 0.05) is 17.0 Å². The molecule has 19 heavy (non-hydrogen) atoms. The van der Waals surface area contributed by atoms with Crippen LogP contribution in [-0.2, 0) is 13.0 Å². The quantitative estimate of drug-likeness (QED) is 0.908. The number of para-hydroxylation sites is 1. The number of nitrogens with zero attached hydrogens (tertiary/aromatic N) is 1. The van der Waals surface area contributed by atoms with E-state index in [1.165, 1.54) is 16.5 Å². The third kappa shape index (κ3) is 2.05. The fourth-order valence-corrected chi connectivity index (χ4v) is 3.79. The van der Waals surface area contributed by atoms with Gasteiger partial charge in [-0.15, -0.1) is 11.3 Å². The molecule has 4 heteroatoms. The number of aliphatic hydroxyl groups is 1. The Morgan fingerprint density at radius 1 is 1.42 bits per heavy atom. The zero-order valence-corrected chi connectivity index (χ0v) is 11.6. The highest BCUT2D eigenvalue weighted by molar-refractivity contribution is 7.10. The van der Waals surface area contributed by atoms with Crippen LogP contribution >= 0.6 is 11.3 Å². The van der Waals surface area contributed by atoms with Crippen LogP contribution in [0.2, 0.25) is 0 Å². The van der Waals surface area contributed by atoms with Gasteiger partial charge < -0.3 is 10.0 Å². The molecule has 0 saturated carbocycles. The molecule has 1 unspecified atom stereocenters. The van der Waals surface area contributed by atoms with Crippen molar-refractivity contribution in [2.75, 3.05) is 11.4 Å². The normalized spacial score (nSPS) is 18.5. The third-order valence-electron chi connectivity index (χ3n) is 3.81. The van der Waals surface area contributed by atoms with Gasteiger partial charge in [-0.3, -0.25) is 0 Å². The summed E-state index contributed by atoms with van der Waals surface area (Å²) in [5.41, 5.74) is 2.49. The molecule has 100 valence electrons. The van der Waals surface area contributed by atoms with Crippen LogP contribution in [0, 0.1) is 5.82 Å². The number of rotatable bonds is 2. The second-order valence-corrected chi connectivity index (χ2v) is 5.82. The SMILES string of the molecule is CC1c2ccsc2CCN1c1c(F)cccc1CO. The molecule has 1 aromatic heterocycles. The Morgan fingerprint density at radius 3 is 3.05 bits per heavy atom. The van der Waals surface area contributed by atoms with Gasteiger partial charge in [0.2, 0.25) is 0 Å². The first-order valence-electron chi connectivity index (χ1n) is 6.43. The van der Waals surface area contributed by atoms with Gasteiger partial charge in [0.25, 0.3) is 0 Å². The summed E-state index contributed by atoms with van der Waals surface area (Å²) in [4.78, 5) is 3.46. The van der Waals surface area contributed by atoms with E-state index in [1.807, 2.05) is 0 Å². The number of hydrogen-bond acceptors (Lipinski definition) is 3. The Kier molecular flexibility index (Phi) is 3.29. The molecule has 0 spiro atoms. The van der Waals surface area contributed by atoms with Crippen molar-refractivity contribution in [3.05, 3.63) is 51.5 Å². The van der Waals surface area contributed by atoms with E-state index in [-0.39, 0.29) is 18.5 Å². The van der Waals surface area contributed by atoms with Crippen LogP contribution in [0.25, 0.3) is 0 Å². The standard InChI is InChI=1S/C15H16FNOS/c1-10-12-6-8-19-14(12)5-7-17(10)15-11(9-18)3-2-4-13(15)16/h2-4,6,8,10,18H,5,7,9H2,1H3. The van der Waals surface area contributed by atoms with Gasteiger partial charge in [-0.2, -0.15) is 0 Å². The fraction of sp³-hybridized carbons (Fsp3) is 0.333. The van der Waals surface area contributed by atoms with Gasteiger partial charge in [-0.25, -0.2) is 4.39 Å². The number of thiophene rings is 1. The molecule has 1 N–H and O–H groups in total. The maximum Gasteiger partial charge on any atom is 0.146 e. The topological polar surface area (TPSA) is 23.5 Å². The van der Waals surface area contributed by atoms with Crippen molar-refractivity contribution >= 4 is 17.0 Å². The lowest BCUT2D eigenvalue weighted by molar-refractivity contribution is 0.281. The number of aliphatic hydroxyl groups excluding tert-OH is 1. The molecule has 1 aliphatic rings. The Hall–Kier alpha value is -1.39. The average Bonchev–Trinajstić information content (AvgIpc) is 2.89. The minimum atomic E-state index is -0.253. The molecule has 0 saturated heterocycles. The van der Waals surface area contributed by atoms with Crippen LogP contribution < -0.4 is 4.90 Å². The summed E-state index contributed by atoms with van der Waals surface area (Å²) in [7, 11) is 0. The van der Waals surface area contributed by atoms with Gasteiger partial charge in [0.05, 0.1) is 18.3 Å². The minimum Gasteiger partial charge on any atom is -0.392 e. The molecule has 1 aliphatic heterocycles. The molecular formula is C15H16FNOS. The van der Waals surface area contributed by atoms with E-state index in [9.17, 15) is 9.50 Å². The van der Waals surface area contributed by atoms with E-state index in [1.54, 1.807) is 23.5 Å². The molecule has 2 heterocycles. The van der Waals surface area contributed by atoms with Crippen LogP contribution in [-0.4, -0.2) is 11.7 Å². The second-order valence-electron chi connectivity index (χ2n) is 4.82. The largest absolute Gasteiger partial charge is 0.392 e. The number of anilines is 1. The highest BCUT2D eigenvalue weighted by atomic mass is 32.1. The monoisotopic (exact) mass is 277 g/mol. The van der Waals surface area contributed by atoms with Crippen molar-refractivity contribution in [2.45, 2.75) is 26.0 Å². The molecule has 2 nitrogen and oxygen atoms in total. The third-order valence-corrected chi connectivity index (χ3v) is 4.80. The maximum atomic E-state index is 14.1. The maximum absolute atomic E-state index is 14.1. The van der Waals surface area contributed by atoms with E-state index in [4.69, 9.17) is 0 Å². The first kappa shape index (κ1) is 12.6. The van der Waals surface area contributed by atoms with Gasteiger partial charge in [-0.05, 0) is 36.4 Å². The van der Waals surface area contributed by atoms with Crippen molar-refractivity contribution in [1.29, 1.82) is 0 Å². The molecule has 3 rings (SSSR count). The van der Waals surface area contributed by atoms with Crippen molar-refractivity contribution in [3.8, 4) is 0 Å². The summed E-state index contributed by atoms with van der Waals surface area (Å²) in [6, 6.07) is 7.17. The average molecular weight is 277 g/mol. The van der Waals surface area contributed by atoms with E-state index in [0.717, 1.165) is 13.0 Å². The highest BCUT2D eigenvalue weighted by Crippen LogP contribution is 2.38. The summed E-state index contributed by atoms with van der Waals surface area (Å²) in [6.07, 6.45) is 0.941. The van der Waals surface area contributed by atoms with E-state index >= 15 is 0 Å². The van der Waals surface area contributed by atoms with Crippen LogP contribution in [0.15, 0.2) is 29.6 Å². The van der Waals surface area contributed by atoms with E-state index < -0.39 is 0 Å². The molecule has 0 bridgehead atoms. The van der Waals surface area contributed by atoms with Gasteiger partial charge in [0.15, 0.2) is 0 Å². The van der Waals surface area contributed by atoms with Crippen molar-refractivity contribution < 1.29 is 9.50 Å². The predicted molar refractivity (Wildman–Crippen MR) is 76.1 cm³/mol. The number of fused-ring (bicyclic) bond motifs is 1. The molecular weight excluding hydrogens is 261 g/mol. The van der Waals surface area contributed by atoms with Gasteiger partial charge >= 0.3 is 0 Å². The predicted octanol–water partition coefficient (Wildman–Crippen LogP) is 3.50. The van der Waals surface area contributed by atoms with Gasteiger partial charge in [-0.1, -0.05) is 12.1 Å². The van der Waals surface area contributed by atoms with Crippen LogP contribution in [0.4, 0.5) is 10.1 Å². The summed E-state index contributed by atoms with van der Waals surface area (Å²) >= 11 is 1.77. The van der Waals surface area contributed by atoms with Crippen molar-refractivity contribution in [2.24, 2.45) is 0 Å². The summed E-state index contributed by atoms with van der Waals surface area (Å²) < 4.78 is 14.1. The van der Waals surface area contributed by atoms with Crippen LogP contribution in [0.1, 0.15) is 29.0 Å². The summed E-state index contributed by atoms with van der Waals surface area (Å²) in [5.74, 6) is -0.253. The Labute approximate surface area is 116 Å². The molecule has 0 radical (unpaired) electrons. The Morgan fingerprint density at radius 2 is 2.26 bits per heavy atom. The molecule has 0 amide bonds. The Bertz CT molecular complexity index is 596. The lowest BCUT2D eigenvalue weighted by Crippen LogP contribution is -2.34. The molecule has 1 aromatic carbocycles. The van der Waals surface area contributed by atoms with Crippen LogP contribution in [0.3, 0.4) is 0 Å². The fourth-order valence-electron chi connectivity index (χ4n) is 2.82. The Balaban J connectivity index is 2.05. The lowest BCUT2D eigenvalue weighted by atomic mass is 9.99.